The van der Waals surface area contributed by atoms with Gasteiger partial charge >= 0.3 is 0 Å². The van der Waals surface area contributed by atoms with Gasteiger partial charge in [-0.2, -0.15) is 0 Å². The predicted molar refractivity (Wildman–Crippen MR) is 84.2 cm³/mol. The second-order valence-electron chi connectivity index (χ2n) is 5.08. The van der Waals surface area contributed by atoms with E-state index in [0.29, 0.717) is 11.3 Å². The van der Waals surface area contributed by atoms with Crippen molar-refractivity contribution in [1.82, 2.24) is 4.90 Å². The molecule has 1 amide bonds. The molecule has 0 aromatic heterocycles. The molecule has 0 unspecified atom stereocenters. The van der Waals surface area contributed by atoms with Gasteiger partial charge in [0.1, 0.15) is 12.0 Å². The highest BCUT2D eigenvalue weighted by Crippen LogP contribution is 2.27. The van der Waals surface area contributed by atoms with Crippen molar-refractivity contribution in [3.8, 4) is 5.75 Å². The molecule has 20 heavy (non-hydrogen) atoms. The molecule has 1 heterocycles. The molecule has 2 rings (SSSR count). The third-order valence-corrected chi connectivity index (χ3v) is 3.97. The van der Waals surface area contributed by atoms with E-state index in [-0.39, 0.29) is 5.91 Å². The van der Waals surface area contributed by atoms with Gasteiger partial charge in [-0.25, -0.2) is 0 Å². The van der Waals surface area contributed by atoms with Crippen LogP contribution in [-0.2, 0) is 0 Å². The molecule has 0 saturated carbocycles. The van der Waals surface area contributed by atoms with Gasteiger partial charge in [-0.3, -0.25) is 4.79 Å². The number of fused-ring (bicyclic) bond motifs is 1. The van der Waals surface area contributed by atoms with Gasteiger partial charge in [0.2, 0.25) is 0 Å². The summed E-state index contributed by atoms with van der Waals surface area (Å²) in [6, 6.07) is 5.72. The zero-order chi connectivity index (χ0) is 14.5. The summed E-state index contributed by atoms with van der Waals surface area (Å²) < 4.78 is 5.61. The highest BCUT2D eigenvalue weighted by Gasteiger charge is 2.23. The Bertz CT molecular complexity index is 525. The molecule has 0 fully saturated rings. The van der Waals surface area contributed by atoms with Gasteiger partial charge in [-0.1, -0.05) is 34.0 Å². The molecule has 1 aliphatic rings. The van der Waals surface area contributed by atoms with Crippen LogP contribution in [0.1, 0.15) is 42.1 Å². The van der Waals surface area contributed by atoms with Gasteiger partial charge in [-0.15, -0.1) is 0 Å². The van der Waals surface area contributed by atoms with Crippen molar-refractivity contribution in [3.63, 3.8) is 0 Å². The van der Waals surface area contributed by atoms with Crippen LogP contribution < -0.4 is 4.74 Å². The number of hydrogen-bond acceptors (Lipinski definition) is 2. The van der Waals surface area contributed by atoms with Gasteiger partial charge in [-0.05, 0) is 38.8 Å². The minimum atomic E-state index is 0.0359. The lowest BCUT2D eigenvalue weighted by Crippen LogP contribution is -2.29. The van der Waals surface area contributed by atoms with Crippen LogP contribution in [0.25, 0.3) is 0 Å². The number of allylic oxidation sites excluding steroid dienone is 1. The summed E-state index contributed by atoms with van der Waals surface area (Å²) in [5.74, 6) is 0.678. The SMILES string of the molecule is CC1=COc2ccc(C)cc2C(=O)N1CCCCCBr. The molecule has 0 saturated heterocycles. The van der Waals surface area contributed by atoms with Crippen molar-refractivity contribution in [2.45, 2.75) is 33.1 Å². The first-order valence-electron chi connectivity index (χ1n) is 6.95. The van der Waals surface area contributed by atoms with Crippen molar-refractivity contribution in [2.24, 2.45) is 0 Å². The Morgan fingerprint density at radius 3 is 2.75 bits per heavy atom. The first kappa shape index (κ1) is 15.1. The average molecular weight is 338 g/mol. The number of unbranched alkanes of at least 4 members (excludes halogenated alkanes) is 2. The van der Waals surface area contributed by atoms with Gasteiger partial charge in [0.25, 0.3) is 5.91 Å². The minimum absolute atomic E-state index is 0.0359. The maximum atomic E-state index is 12.7. The highest BCUT2D eigenvalue weighted by atomic mass is 79.9. The first-order chi connectivity index (χ1) is 9.63. The van der Waals surface area contributed by atoms with Gasteiger partial charge in [0, 0.05) is 11.9 Å². The van der Waals surface area contributed by atoms with E-state index in [0.717, 1.165) is 42.4 Å². The third kappa shape index (κ3) is 3.42. The molecule has 3 nitrogen and oxygen atoms in total. The number of amides is 1. The van der Waals surface area contributed by atoms with E-state index in [1.165, 1.54) is 0 Å². The number of hydrogen-bond donors (Lipinski definition) is 0. The number of benzene rings is 1. The number of carbonyl (C=O) groups excluding carboxylic acids is 1. The fraction of sp³-hybridized carbons (Fsp3) is 0.438. The van der Waals surface area contributed by atoms with E-state index in [1.807, 2.05) is 36.9 Å². The van der Waals surface area contributed by atoms with E-state index >= 15 is 0 Å². The minimum Gasteiger partial charge on any atom is -0.462 e. The summed E-state index contributed by atoms with van der Waals surface area (Å²) in [5.41, 5.74) is 2.58. The van der Waals surface area contributed by atoms with E-state index in [9.17, 15) is 4.79 Å². The van der Waals surface area contributed by atoms with E-state index in [4.69, 9.17) is 4.74 Å². The fourth-order valence-electron chi connectivity index (χ4n) is 2.25. The van der Waals surface area contributed by atoms with Gasteiger partial charge in [0.15, 0.2) is 0 Å². The van der Waals surface area contributed by atoms with Crippen molar-refractivity contribution < 1.29 is 9.53 Å². The number of carbonyl (C=O) groups is 1. The topological polar surface area (TPSA) is 29.5 Å². The smallest absolute Gasteiger partial charge is 0.261 e. The summed E-state index contributed by atoms with van der Waals surface area (Å²) in [6.45, 7) is 4.64. The Morgan fingerprint density at radius 1 is 1.20 bits per heavy atom. The van der Waals surface area contributed by atoms with Crippen molar-refractivity contribution in [3.05, 3.63) is 41.3 Å². The van der Waals surface area contributed by atoms with Crippen molar-refractivity contribution in [1.29, 1.82) is 0 Å². The van der Waals surface area contributed by atoms with E-state index in [2.05, 4.69) is 15.9 Å². The van der Waals surface area contributed by atoms with Crippen LogP contribution >= 0.6 is 15.9 Å². The molecule has 1 aromatic rings. The van der Waals surface area contributed by atoms with E-state index < -0.39 is 0 Å². The van der Waals surface area contributed by atoms with Crippen LogP contribution in [0.15, 0.2) is 30.2 Å². The summed E-state index contributed by atoms with van der Waals surface area (Å²) in [5, 5.41) is 1.01. The number of ether oxygens (including phenoxy) is 1. The first-order valence-corrected chi connectivity index (χ1v) is 8.07. The molecular formula is C16H20BrNO2. The summed E-state index contributed by atoms with van der Waals surface area (Å²) in [6.07, 6.45) is 4.92. The molecule has 0 aliphatic carbocycles. The molecule has 0 N–H and O–H groups in total. The Balaban J connectivity index is 2.17. The summed E-state index contributed by atoms with van der Waals surface area (Å²) in [7, 11) is 0. The Labute approximate surface area is 128 Å². The van der Waals surface area contributed by atoms with E-state index in [1.54, 1.807) is 6.26 Å². The largest absolute Gasteiger partial charge is 0.462 e. The standard InChI is InChI=1S/C16H20BrNO2/c1-12-6-7-15-14(10-12)16(19)18(13(2)11-20-15)9-5-3-4-8-17/h6-7,10-11H,3-5,8-9H2,1-2H3. The number of aryl methyl sites for hydroxylation is 1. The lowest BCUT2D eigenvalue weighted by Gasteiger charge is -2.21. The average Bonchev–Trinajstić information content (AvgIpc) is 2.55. The zero-order valence-electron chi connectivity index (χ0n) is 12.0. The zero-order valence-corrected chi connectivity index (χ0v) is 13.6. The van der Waals surface area contributed by atoms with Crippen LogP contribution in [0.4, 0.5) is 0 Å². The maximum absolute atomic E-state index is 12.7. The molecule has 4 heteroatoms. The second kappa shape index (κ2) is 6.93. The molecule has 108 valence electrons. The van der Waals surface area contributed by atoms with Crippen LogP contribution in [0, 0.1) is 6.92 Å². The van der Waals surface area contributed by atoms with Crippen molar-refractivity contribution >= 4 is 21.8 Å². The Morgan fingerprint density at radius 2 is 2.00 bits per heavy atom. The van der Waals surface area contributed by atoms with Crippen LogP contribution in [0.3, 0.4) is 0 Å². The molecule has 1 aromatic carbocycles. The summed E-state index contributed by atoms with van der Waals surface area (Å²) in [4.78, 5) is 14.5. The highest BCUT2D eigenvalue weighted by molar-refractivity contribution is 9.09. The monoisotopic (exact) mass is 337 g/mol. The quantitative estimate of drug-likeness (QED) is 0.593. The molecule has 1 aliphatic heterocycles. The second-order valence-corrected chi connectivity index (χ2v) is 5.88. The van der Waals surface area contributed by atoms with Gasteiger partial charge in [0.05, 0.1) is 11.3 Å². The fourth-order valence-corrected chi connectivity index (χ4v) is 2.65. The molecule has 0 atom stereocenters. The number of alkyl halides is 1. The van der Waals surface area contributed by atoms with Crippen LogP contribution in [0.2, 0.25) is 0 Å². The van der Waals surface area contributed by atoms with Crippen molar-refractivity contribution in [2.75, 3.05) is 11.9 Å². The number of halogens is 1. The molecule has 0 bridgehead atoms. The lowest BCUT2D eigenvalue weighted by molar-refractivity contribution is 0.0805. The summed E-state index contributed by atoms with van der Waals surface area (Å²) >= 11 is 3.43. The van der Waals surface area contributed by atoms with Gasteiger partial charge < -0.3 is 9.64 Å². The Hall–Kier alpha value is -1.29. The molecular weight excluding hydrogens is 318 g/mol. The number of rotatable bonds is 5. The number of nitrogens with zero attached hydrogens (tertiary/aromatic N) is 1. The maximum Gasteiger partial charge on any atom is 0.261 e. The normalized spacial score (nSPS) is 14.4. The lowest BCUT2D eigenvalue weighted by atomic mass is 10.1. The third-order valence-electron chi connectivity index (χ3n) is 3.41. The molecule has 0 spiro atoms. The van der Waals surface area contributed by atoms with Crippen LogP contribution in [-0.4, -0.2) is 22.7 Å². The predicted octanol–water partition coefficient (Wildman–Crippen LogP) is 4.26. The van der Waals surface area contributed by atoms with Crippen LogP contribution in [0.5, 0.6) is 5.75 Å². The Kier molecular flexibility index (Phi) is 5.24. The molecule has 0 radical (unpaired) electrons.